The van der Waals surface area contributed by atoms with Crippen LogP contribution >= 0.6 is 15.9 Å². The number of carbonyl (C=O) groups excluding carboxylic acids is 1. The molecule has 2 heterocycles. The van der Waals surface area contributed by atoms with Gasteiger partial charge >= 0.3 is 11.9 Å². The van der Waals surface area contributed by atoms with Gasteiger partial charge in [0.2, 0.25) is 0 Å². The molecule has 0 radical (unpaired) electrons. The SMILES string of the molecule is COC(=O)C1CCN(C(C(=O)O)c2c[nH]c3ccc(Br)cc23)CC1. The van der Waals surface area contributed by atoms with Gasteiger partial charge in [-0.15, -0.1) is 0 Å². The third-order valence-corrected chi connectivity index (χ3v) is 5.13. The van der Waals surface area contributed by atoms with Crippen molar-refractivity contribution in [1.82, 2.24) is 9.88 Å². The lowest BCUT2D eigenvalue weighted by Gasteiger charge is -2.34. The van der Waals surface area contributed by atoms with Crippen LogP contribution in [0.3, 0.4) is 0 Å². The van der Waals surface area contributed by atoms with Gasteiger partial charge in [-0.2, -0.15) is 0 Å². The smallest absolute Gasteiger partial charge is 0.325 e. The number of aliphatic carboxylic acids is 1. The number of aromatic nitrogens is 1. The van der Waals surface area contributed by atoms with E-state index in [2.05, 4.69) is 20.9 Å². The molecule has 1 unspecified atom stereocenters. The van der Waals surface area contributed by atoms with Crippen molar-refractivity contribution in [3.05, 3.63) is 34.4 Å². The largest absolute Gasteiger partial charge is 0.480 e. The number of benzene rings is 1. The number of aromatic amines is 1. The Balaban J connectivity index is 1.87. The van der Waals surface area contributed by atoms with Crippen molar-refractivity contribution in [1.29, 1.82) is 0 Å². The highest BCUT2D eigenvalue weighted by molar-refractivity contribution is 9.10. The number of halogens is 1. The maximum Gasteiger partial charge on any atom is 0.325 e. The Hall–Kier alpha value is -1.86. The van der Waals surface area contributed by atoms with E-state index in [-0.39, 0.29) is 11.9 Å². The number of nitrogens with one attached hydrogen (secondary N) is 1. The van der Waals surface area contributed by atoms with Crippen molar-refractivity contribution in [2.75, 3.05) is 20.2 Å². The number of hydrogen-bond acceptors (Lipinski definition) is 4. The summed E-state index contributed by atoms with van der Waals surface area (Å²) in [6.45, 7) is 1.11. The van der Waals surface area contributed by atoms with E-state index in [1.165, 1.54) is 7.11 Å². The highest BCUT2D eigenvalue weighted by Gasteiger charge is 2.34. The lowest BCUT2D eigenvalue weighted by Crippen LogP contribution is -2.41. The summed E-state index contributed by atoms with van der Waals surface area (Å²) in [6.07, 6.45) is 2.99. The van der Waals surface area contributed by atoms with Gasteiger partial charge in [0.25, 0.3) is 0 Å². The number of H-pyrrole nitrogens is 1. The van der Waals surface area contributed by atoms with Crippen molar-refractivity contribution in [3.8, 4) is 0 Å². The molecule has 1 saturated heterocycles. The molecule has 1 atom stereocenters. The second-order valence-corrected chi connectivity index (χ2v) is 6.92. The molecule has 1 aromatic heterocycles. The van der Waals surface area contributed by atoms with Crippen molar-refractivity contribution >= 4 is 38.8 Å². The van der Waals surface area contributed by atoms with Gasteiger partial charge in [-0.05, 0) is 31.0 Å². The third-order valence-electron chi connectivity index (χ3n) is 4.63. The number of fused-ring (bicyclic) bond motifs is 1. The first-order valence-corrected chi connectivity index (χ1v) is 8.61. The minimum absolute atomic E-state index is 0.141. The Morgan fingerprint density at radius 1 is 1.38 bits per heavy atom. The van der Waals surface area contributed by atoms with E-state index in [0.717, 1.165) is 20.9 Å². The number of ether oxygens (including phenoxy) is 1. The number of nitrogens with zero attached hydrogens (tertiary/aromatic N) is 1. The average Bonchev–Trinajstić information content (AvgIpc) is 2.97. The zero-order valence-electron chi connectivity index (χ0n) is 13.3. The van der Waals surface area contributed by atoms with Crippen LogP contribution in [0.1, 0.15) is 24.4 Å². The lowest BCUT2D eigenvalue weighted by molar-refractivity contribution is -0.148. The Bertz CT molecular complexity index is 765. The lowest BCUT2D eigenvalue weighted by atomic mass is 9.94. The van der Waals surface area contributed by atoms with Gasteiger partial charge in [-0.1, -0.05) is 15.9 Å². The Labute approximate surface area is 147 Å². The summed E-state index contributed by atoms with van der Waals surface area (Å²) in [7, 11) is 1.39. The first kappa shape index (κ1) is 17.0. The van der Waals surface area contributed by atoms with Gasteiger partial charge in [0.1, 0.15) is 6.04 Å². The number of rotatable bonds is 4. The van der Waals surface area contributed by atoms with Crippen LogP contribution in [-0.4, -0.2) is 47.1 Å². The Morgan fingerprint density at radius 3 is 2.71 bits per heavy atom. The van der Waals surface area contributed by atoms with Crippen molar-refractivity contribution in [2.45, 2.75) is 18.9 Å². The van der Waals surface area contributed by atoms with Crippen LogP contribution in [-0.2, 0) is 14.3 Å². The van der Waals surface area contributed by atoms with Crippen LogP contribution < -0.4 is 0 Å². The monoisotopic (exact) mass is 394 g/mol. The van der Waals surface area contributed by atoms with E-state index in [1.54, 1.807) is 6.20 Å². The normalized spacial score (nSPS) is 17.8. The fourth-order valence-electron chi connectivity index (χ4n) is 3.39. The van der Waals surface area contributed by atoms with Gasteiger partial charge in [-0.25, -0.2) is 0 Å². The molecule has 0 spiro atoms. The minimum atomic E-state index is -0.882. The van der Waals surface area contributed by atoms with Crippen molar-refractivity contribution in [2.24, 2.45) is 5.92 Å². The molecule has 24 heavy (non-hydrogen) atoms. The fourth-order valence-corrected chi connectivity index (χ4v) is 3.75. The van der Waals surface area contributed by atoms with Crippen molar-refractivity contribution in [3.63, 3.8) is 0 Å². The van der Waals surface area contributed by atoms with Gasteiger partial charge in [0.15, 0.2) is 0 Å². The molecule has 2 aromatic rings. The molecule has 0 saturated carbocycles. The van der Waals surface area contributed by atoms with Crippen LogP contribution in [0.25, 0.3) is 10.9 Å². The molecule has 0 bridgehead atoms. The summed E-state index contributed by atoms with van der Waals surface area (Å²) in [5.74, 6) is -1.23. The number of esters is 1. The van der Waals surface area contributed by atoms with Gasteiger partial charge < -0.3 is 14.8 Å². The van der Waals surface area contributed by atoms with Crippen LogP contribution in [0.2, 0.25) is 0 Å². The van der Waals surface area contributed by atoms with Crippen LogP contribution in [0.5, 0.6) is 0 Å². The Kier molecular flexibility index (Phi) is 4.91. The number of likely N-dealkylation sites (tertiary alicyclic amines) is 1. The molecule has 128 valence electrons. The van der Waals surface area contributed by atoms with Crippen LogP contribution in [0, 0.1) is 5.92 Å². The first-order chi connectivity index (χ1) is 11.5. The van der Waals surface area contributed by atoms with Crippen molar-refractivity contribution < 1.29 is 19.4 Å². The summed E-state index contributed by atoms with van der Waals surface area (Å²) >= 11 is 3.44. The molecule has 0 amide bonds. The maximum absolute atomic E-state index is 11.9. The van der Waals surface area contributed by atoms with E-state index in [4.69, 9.17) is 4.74 Å². The quantitative estimate of drug-likeness (QED) is 0.778. The molecule has 3 rings (SSSR count). The van der Waals surface area contributed by atoms with E-state index in [1.807, 2.05) is 23.1 Å². The zero-order valence-corrected chi connectivity index (χ0v) is 14.9. The predicted molar refractivity (Wildman–Crippen MR) is 92.7 cm³/mol. The van der Waals surface area contributed by atoms with E-state index in [9.17, 15) is 14.7 Å². The molecule has 1 fully saturated rings. The average molecular weight is 395 g/mol. The third kappa shape index (κ3) is 3.18. The molecule has 1 aliphatic heterocycles. The summed E-state index contributed by atoms with van der Waals surface area (Å²) in [5, 5.41) is 10.7. The van der Waals surface area contributed by atoms with E-state index < -0.39 is 12.0 Å². The molecule has 7 heteroatoms. The number of carboxylic acids is 1. The summed E-state index contributed by atoms with van der Waals surface area (Å²) in [6, 6.07) is 5.04. The molecule has 6 nitrogen and oxygen atoms in total. The van der Waals surface area contributed by atoms with Gasteiger partial charge in [0.05, 0.1) is 13.0 Å². The fraction of sp³-hybridized carbons (Fsp3) is 0.412. The van der Waals surface area contributed by atoms with Crippen LogP contribution in [0.4, 0.5) is 0 Å². The molecule has 0 aliphatic carbocycles. The van der Waals surface area contributed by atoms with Gasteiger partial charge in [-0.3, -0.25) is 14.5 Å². The number of carboxylic acid groups (broad SMARTS) is 1. The standard InChI is InChI=1S/C17H19BrN2O4/c1-24-17(23)10-4-6-20(7-5-10)15(16(21)22)13-9-19-14-3-2-11(18)8-12(13)14/h2-3,8-10,15,19H,4-7H2,1H3,(H,21,22). The second-order valence-electron chi connectivity index (χ2n) is 6.01. The van der Waals surface area contributed by atoms with Gasteiger partial charge in [0, 0.05) is 40.2 Å². The number of piperidine rings is 1. The maximum atomic E-state index is 11.9. The van der Waals surface area contributed by atoms with E-state index >= 15 is 0 Å². The topological polar surface area (TPSA) is 82.6 Å². The molecular formula is C17H19BrN2O4. The zero-order chi connectivity index (χ0) is 17.3. The van der Waals surface area contributed by atoms with Crippen LogP contribution in [0.15, 0.2) is 28.9 Å². The molecule has 2 N–H and O–H groups in total. The first-order valence-electron chi connectivity index (χ1n) is 7.82. The minimum Gasteiger partial charge on any atom is -0.480 e. The number of carbonyl (C=O) groups is 2. The number of methoxy groups -OCH3 is 1. The second kappa shape index (κ2) is 6.94. The highest BCUT2D eigenvalue weighted by Crippen LogP contribution is 2.33. The summed E-state index contributed by atoms with van der Waals surface area (Å²) in [5.41, 5.74) is 1.65. The van der Waals surface area contributed by atoms with E-state index in [0.29, 0.717) is 25.9 Å². The predicted octanol–water partition coefficient (Wildman–Crippen LogP) is 2.94. The molecular weight excluding hydrogens is 376 g/mol. The molecule has 1 aromatic carbocycles. The molecule has 1 aliphatic rings. The number of hydrogen-bond donors (Lipinski definition) is 2. The Morgan fingerprint density at radius 2 is 2.08 bits per heavy atom. The summed E-state index contributed by atoms with van der Waals surface area (Å²) < 4.78 is 5.70. The highest BCUT2D eigenvalue weighted by atomic mass is 79.9. The summed E-state index contributed by atoms with van der Waals surface area (Å²) in [4.78, 5) is 28.7.